The summed E-state index contributed by atoms with van der Waals surface area (Å²) in [6.45, 7) is 3.53. The summed E-state index contributed by atoms with van der Waals surface area (Å²) in [4.78, 5) is 30.2. The highest BCUT2D eigenvalue weighted by Gasteiger charge is 2.53. The van der Waals surface area contributed by atoms with Crippen LogP contribution in [0.1, 0.15) is 30.4 Å². The Morgan fingerprint density at radius 1 is 0.879 bits per heavy atom. The van der Waals surface area contributed by atoms with Gasteiger partial charge in [0.2, 0.25) is 5.91 Å². The van der Waals surface area contributed by atoms with Crippen molar-refractivity contribution in [2.45, 2.75) is 37.7 Å². The van der Waals surface area contributed by atoms with Crippen molar-refractivity contribution < 1.29 is 19.1 Å². The maximum absolute atomic E-state index is 13.9. The van der Waals surface area contributed by atoms with Gasteiger partial charge in [0.15, 0.2) is 5.60 Å². The van der Waals surface area contributed by atoms with Crippen molar-refractivity contribution in [2.24, 2.45) is 5.41 Å². The molecule has 5 rings (SSSR count). The lowest BCUT2D eigenvalue weighted by Gasteiger charge is -2.39. The summed E-state index contributed by atoms with van der Waals surface area (Å²) in [6.07, 6.45) is 3.42. The Hall–Kier alpha value is -2.86. The van der Waals surface area contributed by atoms with Gasteiger partial charge in [0.05, 0.1) is 18.5 Å². The van der Waals surface area contributed by atoms with E-state index in [2.05, 4.69) is 24.3 Å². The molecule has 2 aromatic carbocycles. The Labute approximate surface area is 195 Å². The molecule has 1 spiro atoms. The summed E-state index contributed by atoms with van der Waals surface area (Å²) >= 11 is 0. The lowest BCUT2D eigenvalue weighted by Crippen LogP contribution is -2.49. The highest BCUT2D eigenvalue weighted by Crippen LogP contribution is 2.40. The zero-order valence-electron chi connectivity index (χ0n) is 19.1. The van der Waals surface area contributed by atoms with Crippen molar-refractivity contribution in [1.29, 1.82) is 0 Å². The predicted octanol–water partition coefficient (Wildman–Crippen LogP) is 3.69. The Morgan fingerprint density at radius 3 is 2.24 bits per heavy atom. The number of amides is 2. The molecule has 0 N–H and O–H groups in total. The number of hydrogen-bond donors (Lipinski definition) is 0. The molecule has 1 atom stereocenters. The first-order valence-corrected chi connectivity index (χ1v) is 12.0. The van der Waals surface area contributed by atoms with E-state index in [1.165, 1.54) is 11.1 Å². The van der Waals surface area contributed by atoms with Crippen molar-refractivity contribution in [2.75, 3.05) is 39.4 Å². The minimum absolute atomic E-state index is 0.185. The van der Waals surface area contributed by atoms with Gasteiger partial charge in [-0.25, -0.2) is 4.79 Å². The molecule has 0 aromatic heterocycles. The summed E-state index contributed by atoms with van der Waals surface area (Å²) in [5, 5.41) is 0. The predicted molar refractivity (Wildman–Crippen MR) is 125 cm³/mol. The monoisotopic (exact) mass is 448 g/mol. The van der Waals surface area contributed by atoms with Crippen LogP contribution >= 0.6 is 0 Å². The number of carbonyl (C=O) groups is 2. The third-order valence-electron chi connectivity index (χ3n) is 7.45. The number of benzene rings is 2. The fourth-order valence-corrected chi connectivity index (χ4v) is 5.55. The Morgan fingerprint density at radius 2 is 1.55 bits per heavy atom. The fourth-order valence-electron chi connectivity index (χ4n) is 5.55. The van der Waals surface area contributed by atoms with E-state index in [-0.39, 0.29) is 12.0 Å². The molecule has 2 amide bonds. The maximum atomic E-state index is 13.9. The molecule has 0 aliphatic carbocycles. The lowest BCUT2D eigenvalue weighted by atomic mass is 9.74. The van der Waals surface area contributed by atoms with Crippen molar-refractivity contribution >= 4 is 12.0 Å². The van der Waals surface area contributed by atoms with Crippen molar-refractivity contribution in [3.63, 3.8) is 0 Å². The van der Waals surface area contributed by atoms with Gasteiger partial charge in [-0.05, 0) is 36.8 Å². The van der Waals surface area contributed by atoms with E-state index in [1.807, 2.05) is 41.3 Å². The highest BCUT2D eigenvalue weighted by atomic mass is 16.6. The number of nitrogens with zero attached hydrogens (tertiary/aromatic N) is 2. The molecule has 2 aromatic rings. The molecule has 0 bridgehead atoms. The van der Waals surface area contributed by atoms with Crippen molar-refractivity contribution in [3.05, 3.63) is 71.8 Å². The molecule has 3 heterocycles. The summed E-state index contributed by atoms with van der Waals surface area (Å²) in [5.74, 6) is 0.185. The molecule has 6 heteroatoms. The smallest absolute Gasteiger partial charge is 0.410 e. The standard InChI is InChI=1S/C27H32N2O4/c30-24(26(13-17-32-18-14-26)19-23-9-5-2-6-10-23)28-16-12-27(20-28)21-29(25(31)33-27)15-11-22-7-3-1-4-8-22/h1-10H,11-21H2/t27-/m0/s1. The number of rotatable bonds is 6. The van der Waals surface area contributed by atoms with Gasteiger partial charge in [-0.3, -0.25) is 4.79 Å². The lowest BCUT2D eigenvalue weighted by molar-refractivity contribution is -0.147. The van der Waals surface area contributed by atoms with Gasteiger partial charge in [0.1, 0.15) is 0 Å². The van der Waals surface area contributed by atoms with Gasteiger partial charge in [0.25, 0.3) is 0 Å². The van der Waals surface area contributed by atoms with Crippen LogP contribution in [0.2, 0.25) is 0 Å². The maximum Gasteiger partial charge on any atom is 0.410 e. The second-order valence-electron chi connectivity index (χ2n) is 9.74. The number of likely N-dealkylation sites (tertiary alicyclic amines) is 1. The molecule has 0 saturated carbocycles. The molecule has 33 heavy (non-hydrogen) atoms. The number of carbonyl (C=O) groups excluding carboxylic acids is 2. The summed E-state index contributed by atoms with van der Waals surface area (Å²) in [7, 11) is 0. The van der Waals surface area contributed by atoms with Gasteiger partial charge in [-0.2, -0.15) is 0 Å². The van der Waals surface area contributed by atoms with E-state index >= 15 is 0 Å². The van der Waals surface area contributed by atoms with Crippen LogP contribution in [0.3, 0.4) is 0 Å². The van der Waals surface area contributed by atoms with Crippen LogP contribution in [-0.2, 0) is 27.1 Å². The Balaban J connectivity index is 1.25. The first-order valence-electron chi connectivity index (χ1n) is 12.0. The second-order valence-corrected chi connectivity index (χ2v) is 9.74. The molecule has 0 unspecified atom stereocenters. The van der Waals surface area contributed by atoms with E-state index in [4.69, 9.17) is 9.47 Å². The molecule has 6 nitrogen and oxygen atoms in total. The Bertz CT molecular complexity index is 974. The average Bonchev–Trinajstić information content (AvgIpc) is 3.40. The molecule has 174 valence electrons. The second kappa shape index (κ2) is 9.18. The molecule has 0 radical (unpaired) electrons. The third kappa shape index (κ3) is 4.62. The SMILES string of the molecule is O=C1O[C@]2(CCN(C(=O)C3(Cc4ccccc4)CCOCC3)C2)CN1CCc1ccccc1. The quantitative estimate of drug-likeness (QED) is 0.676. The molecule has 3 aliphatic rings. The summed E-state index contributed by atoms with van der Waals surface area (Å²) in [6, 6.07) is 20.4. The van der Waals surface area contributed by atoms with Gasteiger partial charge >= 0.3 is 6.09 Å². The largest absolute Gasteiger partial charge is 0.439 e. The highest BCUT2D eigenvalue weighted by molar-refractivity contribution is 5.84. The average molecular weight is 449 g/mol. The fraction of sp³-hybridized carbons (Fsp3) is 0.481. The van der Waals surface area contributed by atoms with Crippen LogP contribution in [0, 0.1) is 5.41 Å². The number of ether oxygens (including phenoxy) is 2. The van der Waals surface area contributed by atoms with E-state index in [0.29, 0.717) is 45.8 Å². The van der Waals surface area contributed by atoms with E-state index in [0.717, 1.165) is 25.7 Å². The van der Waals surface area contributed by atoms with Crippen LogP contribution in [-0.4, -0.2) is 66.8 Å². The van der Waals surface area contributed by atoms with E-state index in [9.17, 15) is 9.59 Å². The zero-order chi connectivity index (χ0) is 22.7. The molecular weight excluding hydrogens is 416 g/mol. The van der Waals surface area contributed by atoms with E-state index < -0.39 is 11.0 Å². The topological polar surface area (TPSA) is 59.1 Å². The van der Waals surface area contributed by atoms with Crippen LogP contribution in [0.4, 0.5) is 4.79 Å². The normalized spacial score (nSPS) is 24.3. The van der Waals surface area contributed by atoms with Crippen LogP contribution in [0.5, 0.6) is 0 Å². The van der Waals surface area contributed by atoms with Crippen molar-refractivity contribution in [3.8, 4) is 0 Å². The van der Waals surface area contributed by atoms with E-state index in [1.54, 1.807) is 4.90 Å². The van der Waals surface area contributed by atoms with Gasteiger partial charge in [-0.15, -0.1) is 0 Å². The third-order valence-corrected chi connectivity index (χ3v) is 7.45. The minimum Gasteiger partial charge on any atom is -0.439 e. The summed E-state index contributed by atoms with van der Waals surface area (Å²) < 4.78 is 11.5. The van der Waals surface area contributed by atoms with Gasteiger partial charge < -0.3 is 19.3 Å². The molecule has 3 saturated heterocycles. The molecule has 3 fully saturated rings. The van der Waals surface area contributed by atoms with Crippen LogP contribution in [0.15, 0.2) is 60.7 Å². The van der Waals surface area contributed by atoms with Gasteiger partial charge in [0, 0.05) is 32.7 Å². The number of hydrogen-bond acceptors (Lipinski definition) is 4. The minimum atomic E-state index is -0.581. The first-order chi connectivity index (χ1) is 16.1. The van der Waals surface area contributed by atoms with Crippen LogP contribution < -0.4 is 0 Å². The molecule has 3 aliphatic heterocycles. The van der Waals surface area contributed by atoms with Crippen molar-refractivity contribution in [1.82, 2.24) is 9.80 Å². The first kappa shape index (κ1) is 22.0. The van der Waals surface area contributed by atoms with Gasteiger partial charge in [-0.1, -0.05) is 60.7 Å². The zero-order valence-corrected chi connectivity index (χ0v) is 19.1. The molecular formula is C27H32N2O4. The Kier molecular flexibility index (Phi) is 6.11. The van der Waals surface area contributed by atoms with Crippen LogP contribution in [0.25, 0.3) is 0 Å². The summed E-state index contributed by atoms with van der Waals surface area (Å²) in [5.41, 5.74) is 1.36.